The Balaban J connectivity index is 3.59. The van der Waals surface area contributed by atoms with Crippen molar-refractivity contribution in [3.63, 3.8) is 0 Å². The van der Waals surface area contributed by atoms with Crippen molar-refractivity contribution in [1.82, 2.24) is 15.5 Å². The monoisotopic (exact) mass is 504 g/mol. The van der Waals surface area contributed by atoms with E-state index in [-0.39, 0.29) is 18.7 Å². The number of nitrogens with two attached hydrogens (primary N) is 1. The highest BCUT2D eigenvalue weighted by molar-refractivity contribution is 5.93. The Morgan fingerprint density at radius 3 is 2.08 bits per heavy atom. The molecule has 2 unspecified atom stereocenters. The van der Waals surface area contributed by atoms with Gasteiger partial charge in [-0.05, 0) is 86.8 Å². The van der Waals surface area contributed by atoms with Crippen LogP contribution in [0.1, 0.15) is 91.0 Å². The molecule has 0 fully saturated rings. The highest BCUT2D eigenvalue weighted by atomic mass is 16.6. The number of nitrogens with zero attached hydrogens (tertiary/aromatic N) is 1. The van der Waals surface area contributed by atoms with E-state index < -0.39 is 47.2 Å². The molecule has 0 radical (unpaired) electrons. The highest BCUT2D eigenvalue weighted by Gasteiger charge is 2.39. The predicted molar refractivity (Wildman–Crippen MR) is 140 cm³/mol. The van der Waals surface area contributed by atoms with Crippen molar-refractivity contribution in [3.8, 4) is 0 Å². The summed E-state index contributed by atoms with van der Waals surface area (Å²) in [4.78, 5) is 53.3. The lowest BCUT2D eigenvalue weighted by molar-refractivity contribution is -0.145. The van der Waals surface area contributed by atoms with Crippen LogP contribution in [0.2, 0.25) is 0 Å². The van der Waals surface area contributed by atoms with Gasteiger partial charge in [0.25, 0.3) is 0 Å². The molecular weight excluding hydrogens is 460 g/mol. The van der Waals surface area contributed by atoms with Crippen molar-refractivity contribution < 1.29 is 23.9 Å². The number of hydrogen-bond donors (Lipinski definition) is 3. The molecule has 1 aromatic rings. The molecule has 202 valence electrons. The first-order valence-corrected chi connectivity index (χ1v) is 12.3. The molecule has 1 rings (SSSR count). The van der Waals surface area contributed by atoms with Crippen LogP contribution in [0, 0.1) is 13.8 Å². The van der Waals surface area contributed by atoms with Crippen LogP contribution < -0.4 is 16.4 Å². The molecule has 0 aromatic heterocycles. The standard InChI is InChI=1S/C27H44N4O5/c1-16(2)31(24(34)20(13-14-21(28)32)29-25(35)36-27(8,9)10)22(23(33)30-26(5,6)7)19-15-17(3)11-12-18(19)4/h11-12,15-16,20,22H,13-14H2,1-10H3,(H2,28,32)(H,29,35)(H,30,33). The minimum Gasteiger partial charge on any atom is -0.444 e. The maximum absolute atomic E-state index is 14.0. The summed E-state index contributed by atoms with van der Waals surface area (Å²) in [5, 5.41) is 5.59. The van der Waals surface area contributed by atoms with Gasteiger partial charge < -0.3 is 26.0 Å². The first-order valence-electron chi connectivity index (χ1n) is 12.3. The second kappa shape index (κ2) is 12.2. The smallest absolute Gasteiger partial charge is 0.408 e. The van der Waals surface area contributed by atoms with Crippen LogP contribution in [0.15, 0.2) is 18.2 Å². The van der Waals surface area contributed by atoms with Crippen LogP contribution in [0.3, 0.4) is 0 Å². The summed E-state index contributed by atoms with van der Waals surface area (Å²) < 4.78 is 5.34. The molecule has 9 heteroatoms. The number of aryl methyl sites for hydroxylation is 2. The zero-order valence-corrected chi connectivity index (χ0v) is 23.4. The van der Waals surface area contributed by atoms with Gasteiger partial charge in [-0.15, -0.1) is 0 Å². The molecule has 36 heavy (non-hydrogen) atoms. The number of alkyl carbamates (subject to hydrolysis) is 1. The van der Waals surface area contributed by atoms with Gasteiger partial charge in [0, 0.05) is 18.0 Å². The molecule has 0 saturated carbocycles. The van der Waals surface area contributed by atoms with E-state index in [1.54, 1.807) is 34.6 Å². The molecule has 1 aromatic carbocycles. The Kier molecular flexibility index (Phi) is 10.5. The molecule has 0 spiro atoms. The minimum absolute atomic E-state index is 0.0307. The summed E-state index contributed by atoms with van der Waals surface area (Å²) in [5.41, 5.74) is 6.49. The van der Waals surface area contributed by atoms with E-state index in [0.29, 0.717) is 5.56 Å². The molecule has 4 N–H and O–H groups in total. The fourth-order valence-corrected chi connectivity index (χ4v) is 3.76. The van der Waals surface area contributed by atoms with Crippen molar-refractivity contribution in [2.45, 2.75) is 111 Å². The maximum Gasteiger partial charge on any atom is 0.408 e. The van der Waals surface area contributed by atoms with Crippen molar-refractivity contribution in [1.29, 1.82) is 0 Å². The SMILES string of the molecule is Cc1ccc(C)c(C(C(=O)NC(C)(C)C)N(C(=O)C(CCC(N)=O)NC(=O)OC(C)(C)C)C(C)C)c1. The van der Waals surface area contributed by atoms with Gasteiger partial charge in [-0.25, -0.2) is 4.79 Å². The highest BCUT2D eigenvalue weighted by Crippen LogP contribution is 2.29. The summed E-state index contributed by atoms with van der Waals surface area (Å²) in [6.45, 7) is 18.1. The third-order valence-electron chi connectivity index (χ3n) is 5.23. The van der Waals surface area contributed by atoms with Crippen molar-refractivity contribution in [2.75, 3.05) is 0 Å². The Bertz CT molecular complexity index is 960. The molecule has 0 heterocycles. The molecule has 0 aliphatic heterocycles. The van der Waals surface area contributed by atoms with Gasteiger partial charge in [0.15, 0.2) is 0 Å². The summed E-state index contributed by atoms with van der Waals surface area (Å²) in [6.07, 6.45) is -0.950. The molecule has 0 aliphatic carbocycles. The molecule has 9 nitrogen and oxygen atoms in total. The van der Waals surface area contributed by atoms with Gasteiger partial charge in [-0.1, -0.05) is 23.8 Å². The van der Waals surface area contributed by atoms with Crippen molar-refractivity contribution in [2.24, 2.45) is 5.73 Å². The minimum atomic E-state index is -1.12. The Morgan fingerprint density at radius 1 is 1.03 bits per heavy atom. The molecule has 4 amide bonds. The number of ether oxygens (including phenoxy) is 1. The normalized spacial score (nSPS) is 13.5. The number of hydrogen-bond acceptors (Lipinski definition) is 5. The number of nitrogens with one attached hydrogen (secondary N) is 2. The third-order valence-corrected chi connectivity index (χ3v) is 5.23. The fraction of sp³-hybridized carbons (Fsp3) is 0.630. The lowest BCUT2D eigenvalue weighted by Gasteiger charge is -2.39. The number of benzene rings is 1. The summed E-state index contributed by atoms with van der Waals surface area (Å²) in [6, 6.07) is 3.25. The van der Waals surface area contributed by atoms with E-state index in [2.05, 4.69) is 10.6 Å². The van der Waals surface area contributed by atoms with E-state index in [4.69, 9.17) is 10.5 Å². The van der Waals surface area contributed by atoms with Crippen molar-refractivity contribution >= 4 is 23.8 Å². The van der Waals surface area contributed by atoms with E-state index in [0.717, 1.165) is 11.1 Å². The maximum atomic E-state index is 14.0. The number of rotatable bonds is 9. The van der Waals surface area contributed by atoms with Gasteiger partial charge in [-0.3, -0.25) is 14.4 Å². The van der Waals surface area contributed by atoms with Crippen molar-refractivity contribution in [3.05, 3.63) is 34.9 Å². The summed E-state index contributed by atoms with van der Waals surface area (Å²) >= 11 is 0. The number of carbonyl (C=O) groups excluding carboxylic acids is 4. The van der Waals surface area contributed by atoms with E-state index in [1.807, 2.05) is 52.8 Å². The van der Waals surface area contributed by atoms with Gasteiger partial charge >= 0.3 is 6.09 Å². The Labute approximate surface area is 215 Å². The predicted octanol–water partition coefficient (Wildman–Crippen LogP) is 3.66. The molecular formula is C27H44N4O5. The first kappa shape index (κ1) is 30.9. The van der Waals surface area contributed by atoms with Gasteiger partial charge in [0.05, 0.1) is 0 Å². The topological polar surface area (TPSA) is 131 Å². The Morgan fingerprint density at radius 2 is 1.61 bits per heavy atom. The zero-order chi connectivity index (χ0) is 28.0. The zero-order valence-electron chi connectivity index (χ0n) is 23.4. The molecule has 0 saturated heterocycles. The summed E-state index contributed by atoms with van der Waals surface area (Å²) in [5.74, 6) is -1.46. The average Bonchev–Trinajstić information content (AvgIpc) is 2.67. The molecule has 0 bridgehead atoms. The van der Waals surface area contributed by atoms with Crippen LogP contribution in [0.25, 0.3) is 0 Å². The lowest BCUT2D eigenvalue weighted by atomic mass is 9.94. The second-order valence-electron chi connectivity index (χ2n) is 11.5. The van der Waals surface area contributed by atoms with Crippen LogP contribution in [0.5, 0.6) is 0 Å². The first-order chi connectivity index (χ1) is 16.3. The number of amides is 4. The van der Waals surface area contributed by atoms with Gasteiger partial charge in [0.2, 0.25) is 17.7 Å². The van der Waals surface area contributed by atoms with E-state index in [1.165, 1.54) is 4.90 Å². The molecule has 2 atom stereocenters. The van der Waals surface area contributed by atoms with Crippen LogP contribution in [0.4, 0.5) is 4.79 Å². The average molecular weight is 505 g/mol. The second-order valence-corrected chi connectivity index (χ2v) is 11.5. The van der Waals surface area contributed by atoms with Gasteiger partial charge in [0.1, 0.15) is 17.7 Å². The Hall–Kier alpha value is -3.10. The lowest BCUT2D eigenvalue weighted by Crippen LogP contribution is -2.56. The third kappa shape index (κ3) is 9.87. The fourth-order valence-electron chi connectivity index (χ4n) is 3.76. The van der Waals surface area contributed by atoms with E-state index in [9.17, 15) is 19.2 Å². The molecule has 0 aliphatic rings. The number of carbonyl (C=O) groups is 4. The largest absolute Gasteiger partial charge is 0.444 e. The summed E-state index contributed by atoms with van der Waals surface area (Å²) in [7, 11) is 0. The van der Waals surface area contributed by atoms with Crippen LogP contribution in [-0.2, 0) is 19.1 Å². The quantitative estimate of drug-likeness (QED) is 0.472. The van der Waals surface area contributed by atoms with Gasteiger partial charge in [-0.2, -0.15) is 0 Å². The van der Waals surface area contributed by atoms with Crippen LogP contribution in [-0.4, -0.2) is 51.9 Å². The van der Waals surface area contributed by atoms with Crippen LogP contribution >= 0.6 is 0 Å². The number of primary amides is 1. The van der Waals surface area contributed by atoms with E-state index >= 15 is 0 Å².